The summed E-state index contributed by atoms with van der Waals surface area (Å²) in [5.74, 6) is 0.662. The fraction of sp³-hybridized carbons (Fsp3) is 0.786. The number of H-pyrrole nitrogens is 1. The van der Waals surface area contributed by atoms with Crippen molar-refractivity contribution < 1.29 is 18.7 Å². The van der Waals surface area contributed by atoms with Crippen LogP contribution in [0.4, 0.5) is 0 Å². The minimum Gasteiger partial charge on any atom is -0.375 e. The van der Waals surface area contributed by atoms with Gasteiger partial charge in [-0.25, -0.2) is 4.79 Å². The number of aromatic nitrogens is 2. The van der Waals surface area contributed by atoms with Crippen molar-refractivity contribution in [2.24, 2.45) is 5.92 Å². The van der Waals surface area contributed by atoms with Gasteiger partial charge in [-0.2, -0.15) is 0 Å². The van der Waals surface area contributed by atoms with Crippen LogP contribution in [0.3, 0.4) is 0 Å². The number of carbonyl (C=O) groups is 1. The molecule has 0 radical (unpaired) electrons. The van der Waals surface area contributed by atoms with E-state index in [-0.39, 0.29) is 18.6 Å². The third-order valence-electron chi connectivity index (χ3n) is 3.63. The first-order valence-corrected chi connectivity index (χ1v) is 7.52. The van der Waals surface area contributed by atoms with E-state index in [1.54, 1.807) is 4.90 Å². The van der Waals surface area contributed by atoms with E-state index in [1.165, 1.54) is 17.3 Å². The molecular formula is C14H24N3O4+. The number of aromatic amines is 1. The zero-order valence-electron chi connectivity index (χ0n) is 12.7. The van der Waals surface area contributed by atoms with Crippen LogP contribution in [0.15, 0.2) is 15.5 Å². The summed E-state index contributed by atoms with van der Waals surface area (Å²) in [7, 11) is 0. The van der Waals surface area contributed by atoms with Crippen molar-refractivity contribution in [2.75, 3.05) is 19.7 Å². The second-order valence-electron chi connectivity index (χ2n) is 5.93. The summed E-state index contributed by atoms with van der Waals surface area (Å²) in [4.78, 5) is 24.9. The molecule has 0 bridgehead atoms. The molecule has 0 aliphatic carbocycles. The molecule has 21 heavy (non-hydrogen) atoms. The standard InChI is InChI=1S/C14H23N3O4/c1-11(2)4-3-5-12-8-16(6-7-20-12)13(18)9-17-10-14(19)21-15-17/h10-12H,3-9H2,1-2H3/p+1/t12-/m0/s1. The molecule has 1 amide bonds. The Kier molecular flexibility index (Phi) is 5.55. The number of nitrogens with zero attached hydrogens (tertiary/aromatic N) is 2. The van der Waals surface area contributed by atoms with E-state index < -0.39 is 5.63 Å². The van der Waals surface area contributed by atoms with Gasteiger partial charge in [0.2, 0.25) is 0 Å². The van der Waals surface area contributed by atoms with Gasteiger partial charge < -0.3 is 9.64 Å². The maximum absolute atomic E-state index is 12.2. The molecule has 2 heterocycles. The highest BCUT2D eigenvalue weighted by atomic mass is 16.5. The normalized spacial score (nSPS) is 19.2. The Morgan fingerprint density at radius 2 is 2.38 bits per heavy atom. The molecule has 1 aliphatic heterocycles. The molecule has 1 saturated heterocycles. The molecular weight excluding hydrogens is 274 g/mol. The number of amides is 1. The quantitative estimate of drug-likeness (QED) is 0.767. The van der Waals surface area contributed by atoms with Gasteiger partial charge in [0.05, 0.1) is 12.7 Å². The van der Waals surface area contributed by atoms with Gasteiger partial charge in [0.15, 0.2) is 0 Å². The van der Waals surface area contributed by atoms with Crippen LogP contribution in [0.5, 0.6) is 0 Å². The van der Waals surface area contributed by atoms with Gasteiger partial charge in [-0.1, -0.05) is 31.4 Å². The number of rotatable bonds is 6. The Labute approximate surface area is 123 Å². The number of hydrogen-bond acceptors (Lipinski definition) is 4. The molecule has 1 N–H and O–H groups in total. The van der Waals surface area contributed by atoms with E-state index >= 15 is 0 Å². The van der Waals surface area contributed by atoms with Crippen molar-refractivity contribution in [3.05, 3.63) is 16.6 Å². The lowest BCUT2D eigenvalue weighted by molar-refractivity contribution is -0.751. The fourth-order valence-electron chi connectivity index (χ4n) is 2.48. The van der Waals surface area contributed by atoms with E-state index in [9.17, 15) is 9.59 Å². The maximum Gasteiger partial charge on any atom is 0.426 e. The zero-order chi connectivity index (χ0) is 15.2. The molecule has 7 heteroatoms. The van der Waals surface area contributed by atoms with Gasteiger partial charge in [0.1, 0.15) is 0 Å². The number of ether oxygens (including phenoxy) is 1. The minimum absolute atomic E-state index is 0.0331. The summed E-state index contributed by atoms with van der Waals surface area (Å²) in [6.45, 7) is 6.30. The molecule has 1 fully saturated rings. The molecule has 1 atom stereocenters. The molecule has 118 valence electrons. The van der Waals surface area contributed by atoms with Crippen molar-refractivity contribution in [1.29, 1.82) is 0 Å². The first-order chi connectivity index (χ1) is 10.0. The van der Waals surface area contributed by atoms with Crippen LogP contribution in [-0.2, 0) is 16.1 Å². The molecule has 0 spiro atoms. The van der Waals surface area contributed by atoms with Crippen molar-refractivity contribution >= 4 is 5.91 Å². The summed E-state index contributed by atoms with van der Waals surface area (Å²) in [6.07, 6.45) is 4.64. The average molecular weight is 298 g/mol. The number of carbonyl (C=O) groups excluding carboxylic acids is 1. The number of morpholine rings is 1. The van der Waals surface area contributed by atoms with E-state index in [2.05, 4.69) is 23.6 Å². The predicted molar refractivity (Wildman–Crippen MR) is 74.5 cm³/mol. The lowest BCUT2D eigenvalue weighted by Gasteiger charge is -2.32. The lowest BCUT2D eigenvalue weighted by atomic mass is 10.0. The predicted octanol–water partition coefficient (Wildman–Crippen LogP) is 0.309. The second kappa shape index (κ2) is 7.40. The second-order valence-corrected chi connectivity index (χ2v) is 5.93. The smallest absolute Gasteiger partial charge is 0.375 e. The van der Waals surface area contributed by atoms with Gasteiger partial charge in [-0.3, -0.25) is 9.32 Å². The van der Waals surface area contributed by atoms with Gasteiger partial charge in [-0.05, 0) is 17.6 Å². The van der Waals surface area contributed by atoms with Gasteiger partial charge in [0.25, 0.3) is 18.6 Å². The fourth-order valence-corrected chi connectivity index (χ4v) is 2.48. The first-order valence-electron chi connectivity index (χ1n) is 7.52. The molecule has 2 rings (SSSR count). The Morgan fingerprint density at radius 1 is 1.57 bits per heavy atom. The third kappa shape index (κ3) is 5.00. The Morgan fingerprint density at radius 3 is 3.05 bits per heavy atom. The minimum atomic E-state index is -0.490. The van der Waals surface area contributed by atoms with Gasteiger partial charge in [0, 0.05) is 13.1 Å². The van der Waals surface area contributed by atoms with Crippen LogP contribution >= 0.6 is 0 Å². The van der Waals surface area contributed by atoms with Gasteiger partial charge in [-0.15, -0.1) is 0 Å². The summed E-state index contributed by atoms with van der Waals surface area (Å²) in [5.41, 5.74) is -0.490. The molecule has 1 aromatic heterocycles. The zero-order valence-corrected chi connectivity index (χ0v) is 12.7. The van der Waals surface area contributed by atoms with Crippen LogP contribution < -0.4 is 10.3 Å². The van der Waals surface area contributed by atoms with Crippen molar-refractivity contribution in [3.8, 4) is 0 Å². The lowest BCUT2D eigenvalue weighted by Crippen LogP contribution is -2.51. The average Bonchev–Trinajstić information content (AvgIpc) is 2.84. The number of nitrogens with one attached hydrogen (secondary N) is 1. The molecule has 0 unspecified atom stereocenters. The van der Waals surface area contributed by atoms with Crippen LogP contribution in [0, 0.1) is 5.92 Å². The highest BCUT2D eigenvalue weighted by molar-refractivity contribution is 5.74. The maximum atomic E-state index is 12.2. The highest BCUT2D eigenvalue weighted by Gasteiger charge is 2.26. The van der Waals surface area contributed by atoms with Crippen LogP contribution in [0.25, 0.3) is 0 Å². The number of hydrogen-bond donors (Lipinski definition) is 1. The van der Waals surface area contributed by atoms with E-state index in [1.807, 2.05) is 0 Å². The Balaban J connectivity index is 1.79. The molecule has 7 nitrogen and oxygen atoms in total. The summed E-state index contributed by atoms with van der Waals surface area (Å²) in [5, 5.41) is 2.38. The molecule has 1 aliphatic rings. The Bertz CT molecular complexity index is 508. The summed E-state index contributed by atoms with van der Waals surface area (Å²) in [6, 6.07) is 0. The topological polar surface area (TPSA) is 79.4 Å². The SMILES string of the molecule is CC(C)CCC[C@H]1CN(C(=O)C[n+]2cc(=O)o[nH]2)CCO1. The van der Waals surface area contributed by atoms with Crippen LogP contribution in [-0.4, -0.2) is 41.9 Å². The van der Waals surface area contributed by atoms with E-state index in [4.69, 9.17) is 4.74 Å². The van der Waals surface area contributed by atoms with E-state index in [0.29, 0.717) is 25.6 Å². The summed E-state index contributed by atoms with van der Waals surface area (Å²) >= 11 is 0. The molecule has 0 aromatic carbocycles. The van der Waals surface area contributed by atoms with Gasteiger partial charge >= 0.3 is 5.63 Å². The molecule has 1 aromatic rings. The largest absolute Gasteiger partial charge is 0.426 e. The first kappa shape index (κ1) is 15.8. The van der Waals surface area contributed by atoms with Crippen molar-refractivity contribution in [1.82, 2.24) is 10.2 Å². The summed E-state index contributed by atoms with van der Waals surface area (Å²) < 4.78 is 11.6. The Hall–Kier alpha value is -1.63. The highest BCUT2D eigenvalue weighted by Crippen LogP contribution is 2.14. The van der Waals surface area contributed by atoms with Crippen LogP contribution in [0.2, 0.25) is 0 Å². The monoisotopic (exact) mass is 298 g/mol. The molecule has 0 saturated carbocycles. The van der Waals surface area contributed by atoms with Crippen molar-refractivity contribution in [2.45, 2.75) is 45.8 Å². The third-order valence-corrected chi connectivity index (χ3v) is 3.63. The van der Waals surface area contributed by atoms with Crippen LogP contribution in [0.1, 0.15) is 33.1 Å². The van der Waals surface area contributed by atoms with E-state index in [0.717, 1.165) is 12.8 Å². The van der Waals surface area contributed by atoms with Crippen molar-refractivity contribution in [3.63, 3.8) is 0 Å².